The Hall–Kier alpha value is -0.760. The summed E-state index contributed by atoms with van der Waals surface area (Å²) in [7, 11) is -0.957. The van der Waals surface area contributed by atoms with Crippen LogP contribution in [0.5, 0.6) is 0 Å². The highest BCUT2D eigenvalue weighted by molar-refractivity contribution is 7.98. The summed E-state index contributed by atoms with van der Waals surface area (Å²) in [6.07, 6.45) is 1.35. The van der Waals surface area contributed by atoms with Gasteiger partial charge < -0.3 is 4.57 Å². The molecule has 0 N–H and O–H groups in total. The first-order valence-electron chi connectivity index (χ1n) is 7.49. The molecule has 1 aliphatic heterocycles. The van der Waals surface area contributed by atoms with Gasteiger partial charge in [-0.15, -0.1) is 10.2 Å². The highest BCUT2D eigenvalue weighted by Gasteiger charge is 2.29. The Kier molecular flexibility index (Phi) is 5.44. The quantitative estimate of drug-likeness (QED) is 0.713. The lowest BCUT2D eigenvalue weighted by Gasteiger charge is -2.08. The number of rotatable bonds is 5. The van der Waals surface area contributed by atoms with Crippen molar-refractivity contribution in [2.45, 2.75) is 23.8 Å². The molecule has 3 rings (SSSR count). The van der Waals surface area contributed by atoms with Gasteiger partial charge in [0.05, 0.1) is 11.5 Å². The molecule has 1 unspecified atom stereocenters. The zero-order chi connectivity index (χ0) is 17.3. The van der Waals surface area contributed by atoms with Gasteiger partial charge in [0.15, 0.2) is 15.0 Å². The largest absolute Gasteiger partial charge is 0.309 e. The minimum atomic E-state index is -2.86. The third kappa shape index (κ3) is 4.25. The summed E-state index contributed by atoms with van der Waals surface area (Å²) >= 11 is 13.6. The second-order valence-corrected chi connectivity index (χ2v) is 9.97. The number of nitrogens with zero attached hydrogens (tertiary/aromatic N) is 3. The Bertz CT molecular complexity index is 852. The topological polar surface area (TPSA) is 64.8 Å². The predicted molar refractivity (Wildman–Crippen MR) is 97.5 cm³/mol. The summed E-state index contributed by atoms with van der Waals surface area (Å²) in [4.78, 5) is 0. The lowest BCUT2D eigenvalue weighted by Crippen LogP contribution is -2.11. The molecule has 0 spiro atoms. The fourth-order valence-corrected chi connectivity index (χ4v) is 6.07. The molecular formula is C15H17Cl2N3O2S2. The van der Waals surface area contributed by atoms with Crippen LogP contribution in [0.4, 0.5) is 0 Å². The van der Waals surface area contributed by atoms with Crippen molar-refractivity contribution in [3.05, 3.63) is 39.6 Å². The summed E-state index contributed by atoms with van der Waals surface area (Å²) < 4.78 is 25.1. The van der Waals surface area contributed by atoms with Crippen LogP contribution in [0.1, 0.15) is 17.8 Å². The first kappa shape index (κ1) is 18.0. The summed E-state index contributed by atoms with van der Waals surface area (Å²) in [5, 5.41) is 10.5. The zero-order valence-corrected chi connectivity index (χ0v) is 16.2. The van der Waals surface area contributed by atoms with E-state index in [4.69, 9.17) is 23.2 Å². The van der Waals surface area contributed by atoms with Gasteiger partial charge >= 0.3 is 0 Å². The molecule has 24 heavy (non-hydrogen) atoms. The molecule has 0 aliphatic carbocycles. The van der Waals surface area contributed by atoms with E-state index in [-0.39, 0.29) is 17.4 Å². The Morgan fingerprint density at radius 2 is 2.12 bits per heavy atom. The smallest absolute Gasteiger partial charge is 0.191 e. The molecule has 1 atom stereocenters. The average molecular weight is 406 g/mol. The maximum Gasteiger partial charge on any atom is 0.191 e. The van der Waals surface area contributed by atoms with Gasteiger partial charge in [-0.3, -0.25) is 0 Å². The van der Waals surface area contributed by atoms with Gasteiger partial charge in [0, 0.05) is 29.3 Å². The van der Waals surface area contributed by atoms with Crippen molar-refractivity contribution < 1.29 is 8.42 Å². The standard InChI is InChI=1S/C15H17Cl2N3O2S2/c1-20-14(6-10-4-5-24(21,22)9-10)18-19-15(20)23-8-11-2-3-12(16)7-13(11)17/h2-3,7,10H,4-6,8-9H2,1H3. The number of aromatic nitrogens is 3. The Morgan fingerprint density at radius 3 is 2.79 bits per heavy atom. The minimum Gasteiger partial charge on any atom is -0.309 e. The monoisotopic (exact) mass is 405 g/mol. The van der Waals surface area contributed by atoms with Crippen LogP contribution in [0.25, 0.3) is 0 Å². The zero-order valence-electron chi connectivity index (χ0n) is 13.1. The molecule has 2 aromatic rings. The average Bonchev–Trinajstić information content (AvgIpc) is 3.02. The third-order valence-electron chi connectivity index (χ3n) is 4.09. The van der Waals surface area contributed by atoms with Gasteiger partial charge in [-0.25, -0.2) is 8.42 Å². The highest BCUT2D eigenvalue weighted by Crippen LogP contribution is 2.28. The fraction of sp³-hybridized carbons (Fsp3) is 0.467. The van der Waals surface area contributed by atoms with Crippen LogP contribution in [-0.4, -0.2) is 34.7 Å². The predicted octanol–water partition coefficient (Wildman–Crippen LogP) is 3.39. The molecule has 0 amide bonds. The van der Waals surface area contributed by atoms with Crippen molar-refractivity contribution in [1.82, 2.24) is 14.8 Å². The van der Waals surface area contributed by atoms with Crippen LogP contribution in [0.3, 0.4) is 0 Å². The van der Waals surface area contributed by atoms with E-state index in [0.29, 0.717) is 28.6 Å². The molecule has 1 aliphatic rings. The molecule has 1 fully saturated rings. The molecule has 0 radical (unpaired) electrons. The van der Waals surface area contributed by atoms with Gasteiger partial charge in [0.25, 0.3) is 0 Å². The second-order valence-electron chi connectivity index (χ2n) is 5.96. The summed E-state index contributed by atoms with van der Waals surface area (Å²) in [5.74, 6) is 2.16. The minimum absolute atomic E-state index is 0.140. The summed E-state index contributed by atoms with van der Waals surface area (Å²) in [5.41, 5.74) is 0.984. The van der Waals surface area contributed by atoms with Crippen LogP contribution in [0.2, 0.25) is 10.0 Å². The van der Waals surface area contributed by atoms with Crippen molar-refractivity contribution in [3.63, 3.8) is 0 Å². The van der Waals surface area contributed by atoms with Crippen LogP contribution in [-0.2, 0) is 29.1 Å². The number of hydrogen-bond donors (Lipinski definition) is 0. The molecule has 1 aromatic carbocycles. The fourth-order valence-electron chi connectivity index (χ4n) is 2.72. The van der Waals surface area contributed by atoms with E-state index < -0.39 is 9.84 Å². The van der Waals surface area contributed by atoms with Crippen LogP contribution in [0.15, 0.2) is 23.4 Å². The Morgan fingerprint density at radius 1 is 1.33 bits per heavy atom. The van der Waals surface area contributed by atoms with Crippen molar-refractivity contribution >= 4 is 44.8 Å². The van der Waals surface area contributed by atoms with Gasteiger partial charge in [-0.05, 0) is 30.0 Å². The molecule has 2 heterocycles. The molecule has 1 saturated heterocycles. The lowest BCUT2D eigenvalue weighted by atomic mass is 10.1. The molecule has 1 aromatic heterocycles. The van der Waals surface area contributed by atoms with E-state index in [1.165, 1.54) is 0 Å². The molecule has 0 bridgehead atoms. The Labute approximate surface area is 155 Å². The number of halogens is 2. The van der Waals surface area contributed by atoms with Crippen molar-refractivity contribution in [2.75, 3.05) is 11.5 Å². The van der Waals surface area contributed by atoms with Crippen molar-refractivity contribution in [1.29, 1.82) is 0 Å². The SMILES string of the molecule is Cn1c(CC2CCS(=O)(=O)C2)nnc1SCc1ccc(Cl)cc1Cl. The van der Waals surface area contributed by atoms with E-state index in [0.717, 1.165) is 16.5 Å². The summed E-state index contributed by atoms with van der Waals surface area (Å²) in [6, 6.07) is 5.44. The normalized spacial score (nSPS) is 19.7. The van der Waals surface area contributed by atoms with Gasteiger partial charge in [0.2, 0.25) is 0 Å². The maximum absolute atomic E-state index is 11.6. The van der Waals surface area contributed by atoms with Crippen LogP contribution < -0.4 is 0 Å². The molecule has 9 heteroatoms. The van der Waals surface area contributed by atoms with Crippen molar-refractivity contribution in [2.24, 2.45) is 13.0 Å². The van der Waals surface area contributed by atoms with Gasteiger partial charge in [0.1, 0.15) is 5.82 Å². The van der Waals surface area contributed by atoms with Crippen LogP contribution in [0, 0.1) is 5.92 Å². The van der Waals surface area contributed by atoms with E-state index in [2.05, 4.69) is 10.2 Å². The maximum atomic E-state index is 11.6. The van der Waals surface area contributed by atoms with E-state index in [1.54, 1.807) is 17.8 Å². The first-order valence-corrected chi connectivity index (χ1v) is 11.1. The molecule has 0 saturated carbocycles. The van der Waals surface area contributed by atoms with Crippen LogP contribution >= 0.6 is 35.0 Å². The number of thioether (sulfide) groups is 1. The number of hydrogen-bond acceptors (Lipinski definition) is 5. The number of benzene rings is 1. The molecule has 130 valence electrons. The molecule has 5 nitrogen and oxygen atoms in total. The molecular weight excluding hydrogens is 389 g/mol. The number of sulfone groups is 1. The third-order valence-corrected chi connectivity index (χ3v) is 7.59. The summed E-state index contributed by atoms with van der Waals surface area (Å²) in [6.45, 7) is 0. The van der Waals surface area contributed by atoms with Gasteiger partial charge in [-0.2, -0.15) is 0 Å². The lowest BCUT2D eigenvalue weighted by molar-refractivity contribution is 0.552. The van der Waals surface area contributed by atoms with Crippen molar-refractivity contribution in [3.8, 4) is 0 Å². The highest BCUT2D eigenvalue weighted by atomic mass is 35.5. The van der Waals surface area contributed by atoms with Gasteiger partial charge in [-0.1, -0.05) is 41.0 Å². The second kappa shape index (κ2) is 7.23. The van der Waals surface area contributed by atoms with E-state index >= 15 is 0 Å². The van der Waals surface area contributed by atoms with E-state index in [1.807, 2.05) is 23.7 Å². The Balaban J connectivity index is 1.64. The van der Waals surface area contributed by atoms with E-state index in [9.17, 15) is 8.42 Å². The first-order chi connectivity index (χ1) is 11.3.